The molecule has 0 amide bonds. The first kappa shape index (κ1) is 25.6. The number of carboxylic acids is 4. The molecule has 2 aliphatic rings. The number of aliphatic carboxylic acids is 2. The summed E-state index contributed by atoms with van der Waals surface area (Å²) in [4.78, 5) is 61.5. The monoisotopic (exact) mass is 496 g/mol. The van der Waals surface area contributed by atoms with Crippen LogP contribution >= 0.6 is 0 Å². The van der Waals surface area contributed by atoms with Gasteiger partial charge >= 0.3 is 23.9 Å². The van der Waals surface area contributed by atoms with Crippen LogP contribution in [-0.4, -0.2) is 88.6 Å². The highest BCUT2D eigenvalue weighted by Crippen LogP contribution is 2.40. The van der Waals surface area contributed by atoms with E-state index < -0.39 is 68.8 Å². The minimum absolute atomic E-state index is 0.140. The van der Waals surface area contributed by atoms with Gasteiger partial charge in [0.15, 0.2) is 5.78 Å². The number of hydrogen-bond acceptors (Lipinski definition) is 7. The first-order chi connectivity index (χ1) is 16.7. The van der Waals surface area contributed by atoms with Crippen molar-refractivity contribution in [2.24, 2.45) is 0 Å². The normalized spacial score (nSPS) is 15.2. The number of carbonyl (C=O) groups is 5. The third kappa shape index (κ3) is 4.04. The molecule has 1 aromatic rings. The first-order valence-electron chi connectivity index (χ1n) is 10.2. The number of benzene rings is 1. The SMILES string of the molecule is CN(C)c1c(C(=O)O)cc(C2=C([O-])C(=C3C=C(C(=O)O)C(=[N+](C)C)C(C(=O)O)=C3)C2=O)cc1C(=O)O. The second-order valence-electron chi connectivity index (χ2n) is 8.26. The summed E-state index contributed by atoms with van der Waals surface area (Å²) < 4.78 is 1.27. The largest absolute Gasteiger partial charge is 0.871 e. The second kappa shape index (κ2) is 8.98. The standard InChI is InChI=1S/C24H20N2O10/c1-25(2)17-11(21(29)30)5-9(6-12(17)22(31)32)15-19(27)16(20(15)28)10-7-13(23(33)34)18(26(3)4)14(8-10)24(35)36/h5-8H,1-4H3,(H4-,27,28,29,30,31,32,33,34,35,36). The Morgan fingerprint density at radius 3 is 1.56 bits per heavy atom. The van der Waals surface area contributed by atoms with Gasteiger partial charge in [-0.1, -0.05) is 5.76 Å². The lowest BCUT2D eigenvalue weighted by Crippen LogP contribution is -2.33. The van der Waals surface area contributed by atoms with Crippen molar-refractivity contribution in [3.05, 3.63) is 69.0 Å². The second-order valence-corrected chi connectivity index (χ2v) is 8.26. The van der Waals surface area contributed by atoms with Crippen molar-refractivity contribution in [1.82, 2.24) is 0 Å². The summed E-state index contributed by atoms with van der Waals surface area (Å²) in [6.45, 7) is 0. The molecule has 36 heavy (non-hydrogen) atoms. The van der Waals surface area contributed by atoms with Crippen molar-refractivity contribution in [3.8, 4) is 0 Å². The lowest BCUT2D eigenvalue weighted by atomic mass is 9.77. The van der Waals surface area contributed by atoms with E-state index in [1.807, 2.05) is 0 Å². The van der Waals surface area contributed by atoms with Crippen LogP contribution in [0.3, 0.4) is 0 Å². The maximum absolute atomic E-state index is 13.0. The molecule has 0 atom stereocenters. The Labute approximate surface area is 203 Å². The van der Waals surface area contributed by atoms with Gasteiger partial charge in [0.05, 0.1) is 16.8 Å². The van der Waals surface area contributed by atoms with Gasteiger partial charge in [0.2, 0.25) is 5.71 Å². The Morgan fingerprint density at radius 1 is 0.806 bits per heavy atom. The lowest BCUT2D eigenvalue weighted by molar-refractivity contribution is -0.463. The van der Waals surface area contributed by atoms with E-state index in [0.717, 1.165) is 24.3 Å². The highest BCUT2D eigenvalue weighted by Gasteiger charge is 2.38. The van der Waals surface area contributed by atoms with Crippen LogP contribution in [0.5, 0.6) is 0 Å². The smallest absolute Gasteiger partial charge is 0.342 e. The van der Waals surface area contributed by atoms with Crippen LogP contribution in [0.1, 0.15) is 26.3 Å². The summed E-state index contributed by atoms with van der Waals surface area (Å²) in [5.74, 6) is -7.75. The van der Waals surface area contributed by atoms with Gasteiger partial charge in [-0.15, -0.1) is 0 Å². The quantitative estimate of drug-likeness (QED) is 0.302. The number of ketones is 1. The maximum atomic E-state index is 13.0. The first-order valence-corrected chi connectivity index (χ1v) is 10.2. The lowest BCUT2D eigenvalue weighted by Gasteiger charge is -2.33. The number of aromatic carboxylic acids is 2. The molecule has 4 N–H and O–H groups in total. The Morgan fingerprint density at radius 2 is 1.25 bits per heavy atom. The minimum Gasteiger partial charge on any atom is -0.871 e. The molecule has 0 spiro atoms. The molecule has 0 fully saturated rings. The van der Waals surface area contributed by atoms with Crippen molar-refractivity contribution in [3.63, 3.8) is 0 Å². The van der Waals surface area contributed by atoms with E-state index in [1.54, 1.807) is 0 Å². The molecule has 0 unspecified atom stereocenters. The fraction of sp³-hybridized carbons (Fsp3) is 0.167. The molecule has 0 saturated heterocycles. The zero-order valence-electron chi connectivity index (χ0n) is 19.4. The number of Topliss-reactive ketones (excluding diaryl/α,β-unsaturated/α-hetero) is 1. The number of carboxylic acid groups (broad SMARTS) is 4. The molecule has 2 aliphatic carbocycles. The highest BCUT2D eigenvalue weighted by atomic mass is 16.4. The van der Waals surface area contributed by atoms with Crippen molar-refractivity contribution >= 4 is 46.6 Å². The third-order valence-electron chi connectivity index (χ3n) is 5.52. The Hall–Kier alpha value is -5.00. The summed E-state index contributed by atoms with van der Waals surface area (Å²) >= 11 is 0. The molecule has 12 heteroatoms. The fourth-order valence-corrected chi connectivity index (χ4v) is 4.09. The number of hydrogen-bond donors (Lipinski definition) is 4. The number of nitrogens with zero attached hydrogens (tertiary/aromatic N) is 2. The van der Waals surface area contributed by atoms with E-state index in [-0.39, 0.29) is 22.5 Å². The van der Waals surface area contributed by atoms with E-state index >= 15 is 0 Å². The summed E-state index contributed by atoms with van der Waals surface area (Å²) in [5, 5.41) is 51.4. The van der Waals surface area contributed by atoms with Gasteiger partial charge in [-0.3, -0.25) is 4.79 Å². The van der Waals surface area contributed by atoms with Crippen molar-refractivity contribution in [1.29, 1.82) is 0 Å². The maximum Gasteiger partial charge on any atom is 0.342 e. The summed E-state index contributed by atoms with van der Waals surface area (Å²) in [5.41, 5.74) is -3.55. The van der Waals surface area contributed by atoms with Crippen LogP contribution in [0.15, 0.2) is 52.3 Å². The van der Waals surface area contributed by atoms with Crippen LogP contribution in [0, 0.1) is 0 Å². The number of rotatable bonds is 6. The Kier molecular flexibility index (Phi) is 6.39. The minimum atomic E-state index is -1.48. The van der Waals surface area contributed by atoms with Gasteiger partial charge in [0.1, 0.15) is 25.2 Å². The fourth-order valence-electron chi connectivity index (χ4n) is 4.09. The van der Waals surface area contributed by atoms with E-state index in [1.165, 1.54) is 37.7 Å². The molecule has 1 aromatic carbocycles. The molecular formula is C24H20N2O10. The highest BCUT2D eigenvalue weighted by molar-refractivity contribution is 6.40. The Bertz CT molecular complexity index is 1380. The van der Waals surface area contributed by atoms with Gasteiger partial charge in [-0.05, 0) is 35.4 Å². The number of anilines is 1. The average molecular weight is 496 g/mol. The molecule has 0 saturated carbocycles. The van der Waals surface area contributed by atoms with Gasteiger partial charge in [0.25, 0.3) is 0 Å². The molecule has 3 rings (SSSR count). The van der Waals surface area contributed by atoms with E-state index in [2.05, 4.69) is 0 Å². The number of allylic oxidation sites excluding steroid dienone is 5. The molecule has 0 aliphatic heterocycles. The summed E-state index contributed by atoms with van der Waals surface area (Å²) in [6, 6.07) is 2.01. The molecule has 0 bridgehead atoms. The van der Waals surface area contributed by atoms with Crippen LogP contribution in [0.25, 0.3) is 5.57 Å². The van der Waals surface area contributed by atoms with E-state index in [0.29, 0.717) is 0 Å². The van der Waals surface area contributed by atoms with E-state index in [9.17, 15) is 49.5 Å². The van der Waals surface area contributed by atoms with Gasteiger partial charge in [0, 0.05) is 25.2 Å². The predicted octanol–water partition coefficient (Wildman–Crippen LogP) is -0.152. The van der Waals surface area contributed by atoms with Gasteiger partial charge < -0.3 is 30.4 Å². The van der Waals surface area contributed by atoms with Crippen LogP contribution in [0.2, 0.25) is 0 Å². The van der Waals surface area contributed by atoms with Crippen molar-refractivity contribution < 1.29 is 54.1 Å². The van der Waals surface area contributed by atoms with Gasteiger partial charge in [-0.25, -0.2) is 23.8 Å². The summed E-state index contributed by atoms with van der Waals surface area (Å²) in [7, 11) is 5.74. The molecule has 12 nitrogen and oxygen atoms in total. The molecule has 0 aromatic heterocycles. The number of carbonyl (C=O) groups excluding carboxylic acids is 1. The topological polar surface area (TPSA) is 196 Å². The summed E-state index contributed by atoms with van der Waals surface area (Å²) in [6.07, 6.45) is 2.01. The van der Waals surface area contributed by atoms with Crippen LogP contribution in [-0.2, 0) is 14.4 Å². The zero-order valence-corrected chi connectivity index (χ0v) is 19.4. The third-order valence-corrected chi connectivity index (χ3v) is 5.52. The van der Waals surface area contributed by atoms with Gasteiger partial charge in [-0.2, -0.15) is 0 Å². The van der Waals surface area contributed by atoms with Crippen LogP contribution in [0.4, 0.5) is 5.69 Å². The molecule has 186 valence electrons. The Balaban J connectivity index is 2.32. The zero-order chi connectivity index (χ0) is 27.2. The molecule has 0 heterocycles. The average Bonchev–Trinajstić information content (AvgIpc) is 2.77. The molecular weight excluding hydrogens is 476 g/mol. The van der Waals surface area contributed by atoms with Crippen molar-refractivity contribution in [2.75, 3.05) is 33.1 Å². The molecule has 0 radical (unpaired) electrons. The van der Waals surface area contributed by atoms with Crippen molar-refractivity contribution in [2.45, 2.75) is 0 Å². The predicted molar refractivity (Wildman–Crippen MR) is 122 cm³/mol. The van der Waals surface area contributed by atoms with E-state index in [4.69, 9.17) is 0 Å². The van der Waals surface area contributed by atoms with Crippen LogP contribution < -0.4 is 10.0 Å².